The second-order valence-corrected chi connectivity index (χ2v) is 6.04. The van der Waals surface area contributed by atoms with Crippen LogP contribution < -0.4 is 0 Å². The number of carboxylic acid groups (broad SMARTS) is 1. The van der Waals surface area contributed by atoms with Crippen molar-refractivity contribution in [3.8, 4) is 0 Å². The number of nitrogens with zero attached hydrogens (tertiary/aromatic N) is 2. The summed E-state index contributed by atoms with van der Waals surface area (Å²) in [6, 6.07) is -0.762. The zero-order chi connectivity index (χ0) is 13.1. The fraction of sp³-hybridized carbons (Fsp3) is 0.833. The van der Waals surface area contributed by atoms with Crippen LogP contribution in [0.3, 0.4) is 0 Å². The largest absolute Gasteiger partial charge is 0.480 e. The highest BCUT2D eigenvalue weighted by molar-refractivity contribution is 7.99. The first-order valence-corrected chi connectivity index (χ1v) is 7.65. The Morgan fingerprint density at radius 2 is 2.17 bits per heavy atom. The van der Waals surface area contributed by atoms with Crippen molar-refractivity contribution in [2.75, 3.05) is 31.1 Å². The molecule has 2 rings (SSSR count). The molecule has 18 heavy (non-hydrogen) atoms. The van der Waals surface area contributed by atoms with Crippen LogP contribution in [-0.2, 0) is 4.79 Å². The second kappa shape index (κ2) is 5.82. The molecule has 2 aliphatic rings. The van der Waals surface area contributed by atoms with Crippen LogP contribution in [0, 0.1) is 5.92 Å². The normalized spacial score (nSPS) is 23.8. The van der Waals surface area contributed by atoms with Crippen molar-refractivity contribution in [1.29, 1.82) is 0 Å². The summed E-state index contributed by atoms with van der Waals surface area (Å²) in [7, 11) is 0. The Morgan fingerprint density at radius 3 is 2.72 bits per heavy atom. The van der Waals surface area contributed by atoms with Crippen LogP contribution in [0.15, 0.2) is 0 Å². The molecule has 1 saturated heterocycles. The number of carbonyl (C=O) groups is 2. The molecule has 1 atom stereocenters. The van der Waals surface area contributed by atoms with E-state index in [1.165, 1.54) is 17.7 Å². The average molecular weight is 272 g/mol. The minimum absolute atomic E-state index is 0.0999. The summed E-state index contributed by atoms with van der Waals surface area (Å²) in [5.41, 5.74) is 0. The van der Waals surface area contributed by atoms with Gasteiger partial charge in [-0.2, -0.15) is 11.8 Å². The van der Waals surface area contributed by atoms with Crippen LogP contribution in [0.4, 0.5) is 4.79 Å². The summed E-state index contributed by atoms with van der Waals surface area (Å²) in [4.78, 5) is 26.9. The number of rotatable bonds is 4. The molecular weight excluding hydrogens is 252 g/mol. The van der Waals surface area contributed by atoms with Crippen LogP contribution in [-0.4, -0.2) is 64.1 Å². The van der Waals surface area contributed by atoms with Gasteiger partial charge in [0.2, 0.25) is 0 Å². The Hall–Kier alpha value is -0.910. The van der Waals surface area contributed by atoms with Gasteiger partial charge in [0.15, 0.2) is 0 Å². The molecule has 6 heteroatoms. The minimum Gasteiger partial charge on any atom is -0.480 e. The Bertz CT molecular complexity index is 333. The van der Waals surface area contributed by atoms with Gasteiger partial charge in [-0.15, -0.1) is 0 Å². The highest BCUT2D eigenvalue weighted by Crippen LogP contribution is 2.30. The third-order valence-corrected chi connectivity index (χ3v) is 4.51. The monoisotopic (exact) mass is 272 g/mol. The summed E-state index contributed by atoms with van der Waals surface area (Å²) in [5.74, 6) is 1.08. The molecule has 0 aromatic rings. The summed E-state index contributed by atoms with van der Waals surface area (Å²) in [6.45, 7) is 3.94. The van der Waals surface area contributed by atoms with Crippen molar-refractivity contribution in [1.82, 2.24) is 9.80 Å². The Balaban J connectivity index is 2.01. The molecule has 0 spiro atoms. The lowest BCUT2D eigenvalue weighted by atomic mass is 10.2. The number of hydrogen-bond donors (Lipinski definition) is 1. The van der Waals surface area contributed by atoms with Crippen molar-refractivity contribution in [3.63, 3.8) is 0 Å². The fourth-order valence-corrected chi connectivity index (χ4v) is 3.21. The molecular formula is C12H20N2O3S. The average Bonchev–Trinajstić information content (AvgIpc) is 3.19. The minimum atomic E-state index is -0.891. The van der Waals surface area contributed by atoms with Gasteiger partial charge < -0.3 is 14.9 Å². The fourth-order valence-electron chi connectivity index (χ4n) is 2.17. The smallest absolute Gasteiger partial charge is 0.327 e. The number of thioether (sulfide) groups is 1. The maximum Gasteiger partial charge on any atom is 0.327 e. The number of amides is 2. The van der Waals surface area contributed by atoms with Gasteiger partial charge in [-0.3, -0.25) is 0 Å². The summed E-state index contributed by atoms with van der Waals surface area (Å²) in [6.07, 6.45) is 2.39. The SMILES string of the molecule is CCN(CC1CC1)C(=O)N1CCSCC1C(=O)O. The van der Waals surface area contributed by atoms with Gasteiger partial charge in [0.05, 0.1) is 0 Å². The van der Waals surface area contributed by atoms with Crippen molar-refractivity contribution in [2.45, 2.75) is 25.8 Å². The molecule has 1 aliphatic carbocycles. The van der Waals surface area contributed by atoms with E-state index in [-0.39, 0.29) is 6.03 Å². The third-order valence-electron chi connectivity index (χ3n) is 3.49. The summed E-state index contributed by atoms with van der Waals surface area (Å²) in [5, 5.41) is 9.18. The van der Waals surface area contributed by atoms with Gasteiger partial charge in [0, 0.05) is 31.1 Å². The summed E-state index contributed by atoms with van der Waals surface area (Å²) >= 11 is 1.60. The molecule has 1 N–H and O–H groups in total. The molecule has 2 amide bonds. The van der Waals surface area contributed by atoms with E-state index in [1.807, 2.05) is 6.92 Å². The number of carbonyl (C=O) groups excluding carboxylic acids is 1. The Labute approximate surface area is 112 Å². The topological polar surface area (TPSA) is 60.9 Å². The van der Waals surface area contributed by atoms with Crippen LogP contribution in [0.5, 0.6) is 0 Å². The van der Waals surface area contributed by atoms with Gasteiger partial charge in [-0.05, 0) is 25.7 Å². The van der Waals surface area contributed by atoms with Crippen LogP contribution in [0.25, 0.3) is 0 Å². The quantitative estimate of drug-likeness (QED) is 0.839. The maximum atomic E-state index is 12.4. The first-order valence-electron chi connectivity index (χ1n) is 6.49. The third kappa shape index (κ3) is 3.10. The second-order valence-electron chi connectivity index (χ2n) is 4.89. The predicted molar refractivity (Wildman–Crippen MR) is 70.8 cm³/mol. The van der Waals surface area contributed by atoms with Gasteiger partial charge in [0.25, 0.3) is 0 Å². The number of aliphatic carboxylic acids is 1. The molecule has 0 radical (unpaired) electrons. The maximum absolute atomic E-state index is 12.4. The van der Waals surface area contributed by atoms with E-state index in [4.69, 9.17) is 0 Å². The molecule has 2 fully saturated rings. The van der Waals surface area contributed by atoms with E-state index < -0.39 is 12.0 Å². The van der Waals surface area contributed by atoms with E-state index in [9.17, 15) is 14.7 Å². The molecule has 0 aromatic carbocycles. The number of urea groups is 1. The zero-order valence-corrected chi connectivity index (χ0v) is 11.5. The molecule has 0 aromatic heterocycles. The van der Waals surface area contributed by atoms with Crippen molar-refractivity contribution < 1.29 is 14.7 Å². The van der Waals surface area contributed by atoms with Gasteiger partial charge in [0.1, 0.15) is 6.04 Å². The Morgan fingerprint density at radius 1 is 1.44 bits per heavy atom. The molecule has 102 valence electrons. The predicted octanol–water partition coefficient (Wildman–Crippen LogP) is 1.34. The van der Waals surface area contributed by atoms with Crippen molar-refractivity contribution >= 4 is 23.8 Å². The van der Waals surface area contributed by atoms with E-state index in [0.717, 1.165) is 12.3 Å². The van der Waals surface area contributed by atoms with Crippen molar-refractivity contribution in [2.24, 2.45) is 5.92 Å². The summed E-state index contributed by atoms with van der Waals surface area (Å²) < 4.78 is 0. The van der Waals surface area contributed by atoms with E-state index in [0.29, 0.717) is 24.8 Å². The van der Waals surface area contributed by atoms with E-state index in [1.54, 1.807) is 16.7 Å². The highest BCUT2D eigenvalue weighted by atomic mass is 32.2. The van der Waals surface area contributed by atoms with E-state index in [2.05, 4.69) is 0 Å². The van der Waals surface area contributed by atoms with Gasteiger partial charge in [-0.25, -0.2) is 9.59 Å². The lowest BCUT2D eigenvalue weighted by Crippen LogP contribution is -2.55. The number of hydrogen-bond acceptors (Lipinski definition) is 3. The van der Waals surface area contributed by atoms with Crippen LogP contribution in [0.2, 0.25) is 0 Å². The molecule has 1 aliphatic heterocycles. The van der Waals surface area contributed by atoms with Crippen LogP contribution >= 0.6 is 11.8 Å². The van der Waals surface area contributed by atoms with Crippen LogP contribution in [0.1, 0.15) is 19.8 Å². The van der Waals surface area contributed by atoms with Gasteiger partial charge >= 0.3 is 12.0 Å². The zero-order valence-electron chi connectivity index (χ0n) is 10.7. The van der Waals surface area contributed by atoms with E-state index >= 15 is 0 Å². The lowest BCUT2D eigenvalue weighted by Gasteiger charge is -2.36. The first-order chi connectivity index (χ1) is 8.63. The van der Waals surface area contributed by atoms with Gasteiger partial charge in [-0.1, -0.05) is 0 Å². The molecule has 0 bridgehead atoms. The molecule has 1 heterocycles. The number of carboxylic acids is 1. The highest BCUT2D eigenvalue weighted by Gasteiger charge is 2.35. The standard InChI is InChI=1S/C12H20N2O3S/c1-2-13(7-9-3-4-9)12(17)14-5-6-18-8-10(14)11(15)16/h9-10H,2-8H2,1H3,(H,15,16). The Kier molecular flexibility index (Phi) is 4.37. The van der Waals surface area contributed by atoms with Crippen molar-refractivity contribution in [3.05, 3.63) is 0 Å². The molecule has 5 nitrogen and oxygen atoms in total. The lowest BCUT2D eigenvalue weighted by molar-refractivity contribution is -0.141. The molecule has 1 unspecified atom stereocenters. The molecule has 1 saturated carbocycles. The first kappa shape index (κ1) is 13.5.